The molecular formula is C21H31N5O2. The first-order valence-electron chi connectivity index (χ1n) is 10.5. The zero-order valence-electron chi connectivity index (χ0n) is 17.1. The van der Waals surface area contributed by atoms with E-state index in [0.29, 0.717) is 31.5 Å². The largest absolute Gasteiger partial charge is 0.378 e. The second-order valence-corrected chi connectivity index (χ2v) is 8.22. The Morgan fingerprint density at radius 2 is 2.07 bits per heavy atom. The molecule has 2 aliphatic rings. The Kier molecular flexibility index (Phi) is 5.92. The molecule has 4 heterocycles. The van der Waals surface area contributed by atoms with Crippen molar-refractivity contribution in [2.45, 2.75) is 46.1 Å². The standard InChI is InChI=1S/C21H31N5O2/c1-16-12-17(2)26-21(23-16)19(13-22-26)15-24-7-3-4-18(14-24)5-6-20(27)25-8-10-28-11-9-25/h12-13,18H,3-11,14-15H2,1-2H3/t18-/m0/s1. The number of carbonyl (C=O) groups is 1. The smallest absolute Gasteiger partial charge is 0.222 e. The van der Waals surface area contributed by atoms with Gasteiger partial charge in [0.15, 0.2) is 5.65 Å². The zero-order valence-corrected chi connectivity index (χ0v) is 17.1. The van der Waals surface area contributed by atoms with Gasteiger partial charge in [-0.2, -0.15) is 5.10 Å². The maximum absolute atomic E-state index is 12.4. The predicted octanol–water partition coefficient (Wildman–Crippen LogP) is 2.20. The highest BCUT2D eigenvalue weighted by molar-refractivity contribution is 5.76. The molecule has 28 heavy (non-hydrogen) atoms. The number of hydrogen-bond donors (Lipinski definition) is 0. The van der Waals surface area contributed by atoms with Crippen molar-refractivity contribution in [1.82, 2.24) is 24.4 Å². The average molecular weight is 386 g/mol. The first kappa shape index (κ1) is 19.3. The van der Waals surface area contributed by atoms with Gasteiger partial charge in [-0.15, -0.1) is 0 Å². The normalized spacial score (nSPS) is 21.4. The van der Waals surface area contributed by atoms with Gasteiger partial charge in [-0.05, 0) is 51.6 Å². The van der Waals surface area contributed by atoms with Crippen molar-refractivity contribution in [3.63, 3.8) is 0 Å². The molecule has 0 saturated carbocycles. The van der Waals surface area contributed by atoms with E-state index < -0.39 is 0 Å². The van der Waals surface area contributed by atoms with Crippen LogP contribution in [0.1, 0.15) is 42.6 Å². The Labute approximate surface area is 166 Å². The maximum atomic E-state index is 12.4. The van der Waals surface area contributed by atoms with E-state index in [1.165, 1.54) is 18.4 Å². The van der Waals surface area contributed by atoms with Crippen LogP contribution in [0.2, 0.25) is 0 Å². The Bertz CT molecular complexity index is 828. The van der Waals surface area contributed by atoms with Crippen LogP contribution in [0.5, 0.6) is 0 Å². The van der Waals surface area contributed by atoms with E-state index in [0.717, 1.165) is 56.2 Å². The summed E-state index contributed by atoms with van der Waals surface area (Å²) in [5, 5.41) is 4.52. The molecule has 2 aromatic heterocycles. The Balaban J connectivity index is 1.33. The van der Waals surface area contributed by atoms with E-state index in [1.54, 1.807) is 0 Å². The summed E-state index contributed by atoms with van der Waals surface area (Å²) in [6.07, 6.45) is 6.02. The number of aryl methyl sites for hydroxylation is 2. The van der Waals surface area contributed by atoms with Crippen LogP contribution in [0.15, 0.2) is 12.3 Å². The SMILES string of the molecule is Cc1cc(C)n2ncc(CN3CCC[C@@H](CCC(=O)N4CCOCC4)C3)c2n1. The highest BCUT2D eigenvalue weighted by atomic mass is 16.5. The van der Waals surface area contributed by atoms with E-state index in [2.05, 4.69) is 23.0 Å². The quantitative estimate of drug-likeness (QED) is 0.790. The van der Waals surface area contributed by atoms with E-state index in [1.807, 2.05) is 22.5 Å². The molecule has 0 radical (unpaired) electrons. The molecule has 2 aromatic rings. The van der Waals surface area contributed by atoms with Crippen LogP contribution < -0.4 is 0 Å². The molecule has 0 spiro atoms. The van der Waals surface area contributed by atoms with E-state index >= 15 is 0 Å². The molecule has 0 unspecified atom stereocenters. The third-order valence-corrected chi connectivity index (χ3v) is 5.98. The number of amides is 1. The summed E-state index contributed by atoms with van der Waals surface area (Å²) in [6.45, 7) is 9.99. The number of nitrogens with zero attached hydrogens (tertiary/aromatic N) is 5. The fourth-order valence-corrected chi connectivity index (χ4v) is 4.50. The molecule has 4 rings (SSSR count). The molecule has 7 nitrogen and oxygen atoms in total. The molecule has 7 heteroatoms. The number of piperidine rings is 1. The molecule has 2 fully saturated rings. The maximum Gasteiger partial charge on any atom is 0.222 e. The van der Waals surface area contributed by atoms with E-state index in [9.17, 15) is 4.79 Å². The highest BCUT2D eigenvalue weighted by Gasteiger charge is 2.24. The number of fused-ring (bicyclic) bond motifs is 1. The monoisotopic (exact) mass is 385 g/mol. The molecule has 152 valence electrons. The van der Waals surface area contributed by atoms with Crippen LogP contribution in [-0.2, 0) is 16.1 Å². The number of rotatable bonds is 5. The minimum Gasteiger partial charge on any atom is -0.378 e. The Morgan fingerprint density at radius 3 is 2.89 bits per heavy atom. The second kappa shape index (κ2) is 8.57. The lowest BCUT2D eigenvalue weighted by molar-refractivity contribution is -0.135. The van der Waals surface area contributed by atoms with Crippen LogP contribution in [0.4, 0.5) is 0 Å². The van der Waals surface area contributed by atoms with Crippen molar-refractivity contribution in [2.75, 3.05) is 39.4 Å². The lowest BCUT2D eigenvalue weighted by atomic mass is 9.93. The number of aromatic nitrogens is 3. The summed E-state index contributed by atoms with van der Waals surface area (Å²) in [5.41, 5.74) is 4.32. The van der Waals surface area contributed by atoms with Crippen molar-refractivity contribution in [1.29, 1.82) is 0 Å². The Morgan fingerprint density at radius 1 is 1.25 bits per heavy atom. The summed E-state index contributed by atoms with van der Waals surface area (Å²) in [5.74, 6) is 0.884. The first-order chi connectivity index (χ1) is 13.6. The fraction of sp³-hybridized carbons (Fsp3) is 0.667. The van der Waals surface area contributed by atoms with Crippen molar-refractivity contribution < 1.29 is 9.53 Å². The third kappa shape index (κ3) is 4.36. The van der Waals surface area contributed by atoms with Crippen LogP contribution in [0.25, 0.3) is 5.65 Å². The van der Waals surface area contributed by atoms with E-state index in [-0.39, 0.29) is 0 Å². The van der Waals surface area contributed by atoms with Gasteiger partial charge in [0.1, 0.15) is 0 Å². The fourth-order valence-electron chi connectivity index (χ4n) is 4.50. The lowest BCUT2D eigenvalue weighted by Gasteiger charge is -2.33. The number of likely N-dealkylation sites (tertiary alicyclic amines) is 1. The van der Waals surface area contributed by atoms with Crippen LogP contribution >= 0.6 is 0 Å². The van der Waals surface area contributed by atoms with Crippen molar-refractivity contribution in [2.24, 2.45) is 5.92 Å². The molecule has 0 aromatic carbocycles. The molecule has 2 aliphatic heterocycles. The van der Waals surface area contributed by atoms with Gasteiger partial charge in [0.05, 0.1) is 19.4 Å². The average Bonchev–Trinajstić information content (AvgIpc) is 3.10. The predicted molar refractivity (Wildman–Crippen MR) is 107 cm³/mol. The molecule has 1 atom stereocenters. The van der Waals surface area contributed by atoms with Gasteiger partial charge in [-0.3, -0.25) is 9.69 Å². The first-order valence-corrected chi connectivity index (χ1v) is 10.5. The van der Waals surface area contributed by atoms with E-state index in [4.69, 9.17) is 9.72 Å². The molecule has 0 aliphatic carbocycles. The van der Waals surface area contributed by atoms with Crippen LogP contribution in [0, 0.1) is 19.8 Å². The van der Waals surface area contributed by atoms with Crippen LogP contribution in [0.3, 0.4) is 0 Å². The summed E-state index contributed by atoms with van der Waals surface area (Å²) in [6, 6.07) is 2.06. The topological polar surface area (TPSA) is 63.0 Å². The van der Waals surface area contributed by atoms with Gasteiger partial charge >= 0.3 is 0 Å². The summed E-state index contributed by atoms with van der Waals surface area (Å²) < 4.78 is 7.28. The zero-order chi connectivity index (χ0) is 19.5. The van der Waals surface area contributed by atoms with Gasteiger partial charge in [-0.1, -0.05) is 0 Å². The number of morpholine rings is 1. The highest BCUT2D eigenvalue weighted by Crippen LogP contribution is 2.24. The molecule has 0 N–H and O–H groups in total. The summed E-state index contributed by atoms with van der Waals surface area (Å²) >= 11 is 0. The molecule has 2 saturated heterocycles. The van der Waals surface area contributed by atoms with Gasteiger partial charge < -0.3 is 9.64 Å². The molecule has 1 amide bonds. The number of carbonyl (C=O) groups excluding carboxylic acids is 1. The molecular weight excluding hydrogens is 354 g/mol. The number of hydrogen-bond acceptors (Lipinski definition) is 5. The van der Waals surface area contributed by atoms with Crippen LogP contribution in [-0.4, -0.2) is 69.7 Å². The second-order valence-electron chi connectivity index (χ2n) is 8.22. The van der Waals surface area contributed by atoms with Gasteiger partial charge in [0.25, 0.3) is 0 Å². The lowest BCUT2D eigenvalue weighted by Crippen LogP contribution is -2.41. The number of ether oxygens (including phenoxy) is 1. The van der Waals surface area contributed by atoms with Crippen molar-refractivity contribution in [3.8, 4) is 0 Å². The minimum absolute atomic E-state index is 0.290. The van der Waals surface area contributed by atoms with Gasteiger partial charge in [-0.25, -0.2) is 9.50 Å². The Hall–Kier alpha value is -1.99. The summed E-state index contributed by atoms with van der Waals surface area (Å²) in [7, 11) is 0. The summed E-state index contributed by atoms with van der Waals surface area (Å²) in [4.78, 5) is 21.6. The van der Waals surface area contributed by atoms with Crippen molar-refractivity contribution >= 4 is 11.6 Å². The minimum atomic E-state index is 0.290. The third-order valence-electron chi connectivity index (χ3n) is 5.98. The van der Waals surface area contributed by atoms with Gasteiger partial charge in [0.2, 0.25) is 5.91 Å². The molecule has 0 bridgehead atoms. The van der Waals surface area contributed by atoms with Crippen molar-refractivity contribution in [3.05, 3.63) is 29.2 Å². The van der Waals surface area contributed by atoms with Gasteiger partial charge in [0, 0.05) is 49.6 Å².